The van der Waals surface area contributed by atoms with Crippen LogP contribution < -0.4 is 10.7 Å². The first-order valence-electron chi connectivity index (χ1n) is 7.98. The molecule has 0 aliphatic carbocycles. The normalized spacial score (nSPS) is 11.6. The van der Waals surface area contributed by atoms with Gasteiger partial charge in [-0.1, -0.05) is 54.6 Å². The molecule has 4 rings (SSSR count). The standard InChI is InChI=1S/C20H16N4O/c25-20-23(17-12-6-2-7-13-17)19(21-16-10-4-1-5-11-16)22-24(20)18-14-8-3-9-15-18/h1-15H,(H,21,22). The fourth-order valence-electron chi connectivity index (χ4n) is 2.65. The lowest BCUT2D eigenvalue weighted by atomic mass is 10.3. The summed E-state index contributed by atoms with van der Waals surface area (Å²) in [6, 6.07) is 28.3. The molecule has 1 aromatic heterocycles. The molecular formula is C20H16N4O. The molecule has 0 amide bonds. The van der Waals surface area contributed by atoms with Crippen molar-refractivity contribution in [2.75, 3.05) is 0 Å². The molecule has 5 nitrogen and oxygen atoms in total. The molecule has 122 valence electrons. The maximum absolute atomic E-state index is 13.0. The Morgan fingerprint density at radius 3 is 1.84 bits per heavy atom. The smallest absolute Gasteiger partial charge is 0.308 e. The molecule has 0 fully saturated rings. The number of para-hydroxylation sites is 3. The third-order valence-electron chi connectivity index (χ3n) is 3.83. The van der Waals surface area contributed by atoms with Crippen LogP contribution in [-0.2, 0) is 0 Å². The maximum Gasteiger partial charge on any atom is 0.308 e. The van der Waals surface area contributed by atoms with Gasteiger partial charge in [0.2, 0.25) is 0 Å². The molecule has 25 heavy (non-hydrogen) atoms. The Morgan fingerprint density at radius 2 is 1.24 bits per heavy atom. The van der Waals surface area contributed by atoms with E-state index >= 15 is 0 Å². The molecule has 0 radical (unpaired) electrons. The van der Waals surface area contributed by atoms with Crippen LogP contribution in [0.15, 0.2) is 96.0 Å². The number of rotatable bonds is 3. The largest absolute Gasteiger partial charge is 0.800 e. The molecule has 0 aliphatic heterocycles. The molecule has 5 heteroatoms. The minimum Gasteiger partial charge on any atom is -0.800 e. The first-order chi connectivity index (χ1) is 12.3. The number of nitrogens with zero attached hydrogens (tertiary/aromatic N) is 3. The van der Waals surface area contributed by atoms with E-state index in [0.29, 0.717) is 5.62 Å². The molecular weight excluding hydrogens is 312 g/mol. The van der Waals surface area contributed by atoms with Crippen molar-refractivity contribution in [2.24, 2.45) is 4.99 Å². The second kappa shape index (κ2) is 6.49. The molecule has 0 saturated carbocycles. The van der Waals surface area contributed by atoms with Gasteiger partial charge in [0.05, 0.1) is 5.69 Å². The van der Waals surface area contributed by atoms with Crippen molar-refractivity contribution in [3.05, 3.63) is 96.6 Å². The van der Waals surface area contributed by atoms with E-state index < -0.39 is 0 Å². The molecule has 3 aromatic carbocycles. The molecule has 4 aromatic rings. The Morgan fingerprint density at radius 1 is 0.720 bits per heavy atom. The Kier molecular flexibility index (Phi) is 3.88. The van der Waals surface area contributed by atoms with Gasteiger partial charge in [-0.2, -0.15) is 14.2 Å². The van der Waals surface area contributed by atoms with E-state index in [1.807, 2.05) is 91.0 Å². The quantitative estimate of drug-likeness (QED) is 0.577. The van der Waals surface area contributed by atoms with Gasteiger partial charge >= 0.3 is 5.62 Å². The molecule has 1 heterocycles. The Bertz CT molecular complexity index is 1040. The first-order valence-corrected chi connectivity index (χ1v) is 7.98. The minimum atomic E-state index is -0.202. The third kappa shape index (κ3) is 2.95. The van der Waals surface area contributed by atoms with E-state index in [4.69, 9.17) is 0 Å². The van der Waals surface area contributed by atoms with E-state index in [-0.39, 0.29) is 6.01 Å². The van der Waals surface area contributed by atoms with Gasteiger partial charge in [0.15, 0.2) is 6.01 Å². The summed E-state index contributed by atoms with van der Waals surface area (Å²) in [7, 11) is 0. The molecule has 0 aliphatic rings. The van der Waals surface area contributed by atoms with Crippen LogP contribution in [0.4, 0.5) is 5.69 Å². The predicted molar refractivity (Wildman–Crippen MR) is 95.0 cm³/mol. The minimum absolute atomic E-state index is 0.202. The highest BCUT2D eigenvalue weighted by Gasteiger charge is 2.15. The van der Waals surface area contributed by atoms with Crippen LogP contribution in [0.2, 0.25) is 0 Å². The van der Waals surface area contributed by atoms with Crippen LogP contribution in [0.5, 0.6) is 6.01 Å². The summed E-state index contributed by atoms with van der Waals surface area (Å²) in [6.07, 6.45) is 0. The van der Waals surface area contributed by atoms with Gasteiger partial charge in [0.25, 0.3) is 0 Å². The van der Waals surface area contributed by atoms with Crippen molar-refractivity contribution in [1.82, 2.24) is 14.3 Å². The van der Waals surface area contributed by atoms with Crippen LogP contribution in [-0.4, -0.2) is 14.3 Å². The fourth-order valence-corrected chi connectivity index (χ4v) is 2.65. The maximum atomic E-state index is 13.0. The van der Waals surface area contributed by atoms with Gasteiger partial charge in [-0.25, -0.2) is 5.10 Å². The van der Waals surface area contributed by atoms with Crippen molar-refractivity contribution in [2.45, 2.75) is 0 Å². The number of benzene rings is 3. The second-order valence-electron chi connectivity index (χ2n) is 5.51. The van der Waals surface area contributed by atoms with Gasteiger partial charge in [-0.3, -0.25) is 0 Å². The van der Waals surface area contributed by atoms with Crippen LogP contribution in [0, 0.1) is 0 Å². The zero-order valence-electron chi connectivity index (χ0n) is 13.4. The highest BCUT2D eigenvalue weighted by atomic mass is 16.3. The van der Waals surface area contributed by atoms with E-state index in [1.165, 1.54) is 4.68 Å². The number of aromatic nitrogens is 3. The molecule has 0 atom stereocenters. The first kappa shape index (κ1) is 15.0. The van der Waals surface area contributed by atoms with Crippen molar-refractivity contribution in [3.63, 3.8) is 0 Å². The van der Waals surface area contributed by atoms with E-state index in [1.54, 1.807) is 4.57 Å². The summed E-state index contributed by atoms with van der Waals surface area (Å²) in [5, 5.41) is 16.1. The van der Waals surface area contributed by atoms with Crippen LogP contribution in [0.25, 0.3) is 11.4 Å². The Hall–Kier alpha value is -3.60. The van der Waals surface area contributed by atoms with Gasteiger partial charge in [-0.05, 0) is 12.1 Å². The molecule has 0 unspecified atom stereocenters. The number of nitrogens with one attached hydrogen (secondary N) is 1. The number of aromatic amines is 1. The lowest BCUT2D eigenvalue weighted by Crippen LogP contribution is -2.18. The fraction of sp³-hybridized carbons (Fsp3) is 0. The SMILES string of the molecule is [O-][c+]1n(-c2ccccc2)[nH]c(=Nc2ccccc2)n1-c1ccccc1. The van der Waals surface area contributed by atoms with Crippen LogP contribution >= 0.6 is 0 Å². The van der Waals surface area contributed by atoms with Crippen molar-refractivity contribution >= 4 is 5.69 Å². The summed E-state index contributed by atoms with van der Waals surface area (Å²) in [6.45, 7) is 0. The third-order valence-corrected chi connectivity index (χ3v) is 3.83. The number of H-pyrrole nitrogens is 1. The zero-order valence-corrected chi connectivity index (χ0v) is 13.4. The van der Waals surface area contributed by atoms with Crippen molar-refractivity contribution < 1.29 is 5.11 Å². The average Bonchev–Trinajstić information content (AvgIpc) is 3.00. The summed E-state index contributed by atoms with van der Waals surface area (Å²) in [4.78, 5) is 4.61. The molecule has 1 N–H and O–H groups in total. The van der Waals surface area contributed by atoms with E-state index in [9.17, 15) is 5.11 Å². The number of hydrogen-bond acceptors (Lipinski definition) is 2. The van der Waals surface area contributed by atoms with Gasteiger partial charge in [-0.15, -0.1) is 0 Å². The second-order valence-corrected chi connectivity index (χ2v) is 5.51. The van der Waals surface area contributed by atoms with Gasteiger partial charge < -0.3 is 5.11 Å². The molecule has 0 saturated heterocycles. The summed E-state index contributed by atoms with van der Waals surface area (Å²) < 4.78 is 3.06. The number of hydrogen-bond donors (Lipinski definition) is 1. The highest BCUT2D eigenvalue weighted by molar-refractivity contribution is 5.39. The van der Waals surface area contributed by atoms with Gasteiger partial charge in [0, 0.05) is 24.3 Å². The molecule has 0 spiro atoms. The highest BCUT2D eigenvalue weighted by Crippen LogP contribution is 2.17. The van der Waals surface area contributed by atoms with Crippen LogP contribution in [0.1, 0.15) is 0 Å². The topological polar surface area (TPSA) is 61.1 Å². The predicted octanol–water partition coefficient (Wildman–Crippen LogP) is 3.18. The van der Waals surface area contributed by atoms with Gasteiger partial charge in [0.1, 0.15) is 11.4 Å². The molecule has 0 bridgehead atoms. The summed E-state index contributed by atoms with van der Waals surface area (Å²) in [5.74, 6) is 0. The van der Waals surface area contributed by atoms with E-state index in [2.05, 4.69) is 10.1 Å². The van der Waals surface area contributed by atoms with Crippen molar-refractivity contribution in [3.8, 4) is 17.4 Å². The lowest BCUT2D eigenvalue weighted by molar-refractivity contribution is -0.287. The van der Waals surface area contributed by atoms with Crippen molar-refractivity contribution in [1.29, 1.82) is 0 Å². The lowest BCUT2D eigenvalue weighted by Gasteiger charge is -2.06. The monoisotopic (exact) mass is 328 g/mol. The van der Waals surface area contributed by atoms with E-state index in [0.717, 1.165) is 17.1 Å². The summed E-state index contributed by atoms with van der Waals surface area (Å²) >= 11 is 0. The Balaban J connectivity index is 1.98. The summed E-state index contributed by atoms with van der Waals surface area (Å²) in [5.41, 5.74) is 2.75. The average molecular weight is 328 g/mol. The van der Waals surface area contributed by atoms with Crippen LogP contribution in [0.3, 0.4) is 0 Å². The Labute approximate surface area is 144 Å². The zero-order chi connectivity index (χ0) is 17.1.